The summed E-state index contributed by atoms with van der Waals surface area (Å²) in [6.45, 7) is 5.29. The van der Waals surface area contributed by atoms with E-state index in [9.17, 15) is 53.1 Å². The van der Waals surface area contributed by atoms with Crippen molar-refractivity contribution in [2.24, 2.45) is 4.99 Å². The molecule has 176 valence electrons. The molecule has 0 aliphatic heterocycles. The lowest BCUT2D eigenvalue weighted by Crippen LogP contribution is -2.77. The molecule has 0 saturated carbocycles. The molecule has 0 amide bonds. The van der Waals surface area contributed by atoms with Crippen LogP contribution in [-0.4, -0.2) is 52.7 Å². The number of alkyl halides is 11. The van der Waals surface area contributed by atoms with Crippen LogP contribution in [0.15, 0.2) is 10.6 Å². The highest BCUT2D eigenvalue weighted by Crippen LogP contribution is 2.54. The van der Waals surface area contributed by atoms with Gasteiger partial charge in [0.2, 0.25) is 5.54 Å². The number of nitrogens with one attached hydrogen (secondary N) is 1. The molecule has 0 rings (SSSR count). The fraction of sp³-hybridized carbons (Fsp3) is 0.812. The maximum atomic E-state index is 14.4. The fourth-order valence-corrected chi connectivity index (χ4v) is 2.13. The van der Waals surface area contributed by atoms with Crippen molar-refractivity contribution < 1.29 is 53.1 Å². The van der Waals surface area contributed by atoms with Crippen LogP contribution in [0.2, 0.25) is 0 Å². The van der Waals surface area contributed by atoms with Crippen molar-refractivity contribution in [3.05, 3.63) is 5.57 Å². The summed E-state index contributed by atoms with van der Waals surface area (Å²) in [6, 6.07) is 0. The molecule has 0 aromatic rings. The number of ketones is 1. The summed E-state index contributed by atoms with van der Waals surface area (Å²) in [7, 11) is 0. The Hall–Kier alpha value is -1.69. The van der Waals surface area contributed by atoms with Crippen LogP contribution < -0.4 is 5.32 Å². The molecular weight excluding hydrogens is 445 g/mol. The van der Waals surface area contributed by atoms with Crippen LogP contribution in [0.3, 0.4) is 0 Å². The van der Waals surface area contributed by atoms with Gasteiger partial charge in [0.25, 0.3) is 5.78 Å². The molecule has 0 aromatic heterocycles. The molecule has 1 atom stereocenters. The zero-order valence-corrected chi connectivity index (χ0v) is 16.5. The van der Waals surface area contributed by atoms with Gasteiger partial charge in [0.1, 0.15) is 5.57 Å². The number of carbonyl (C=O) groups excluding carboxylic acids is 1. The summed E-state index contributed by atoms with van der Waals surface area (Å²) in [5.74, 6) is -9.61. The molecule has 14 heteroatoms. The molecular formula is C16H19F11N2O. The molecule has 0 fully saturated rings. The number of aliphatic imine (C=N–C) groups is 1. The highest BCUT2D eigenvalue weighted by atomic mass is 19.4. The van der Waals surface area contributed by atoms with Crippen LogP contribution >= 0.6 is 0 Å². The second-order valence-corrected chi connectivity index (χ2v) is 8.29. The van der Waals surface area contributed by atoms with Gasteiger partial charge in [0.05, 0.1) is 5.54 Å². The van der Waals surface area contributed by atoms with Gasteiger partial charge < -0.3 is 0 Å². The third kappa shape index (κ3) is 5.93. The van der Waals surface area contributed by atoms with Crippen LogP contribution in [0.1, 0.15) is 41.5 Å². The molecule has 0 aromatic carbocycles. The first-order chi connectivity index (χ1) is 12.7. The zero-order chi connectivity index (χ0) is 24.8. The number of Topliss-reactive ketones (excluding diaryl/α,β-unsaturated/α-hetero) is 1. The summed E-state index contributed by atoms with van der Waals surface area (Å²) in [4.78, 5) is 14.8. The first kappa shape index (κ1) is 28.3. The van der Waals surface area contributed by atoms with Gasteiger partial charge in [0.15, 0.2) is 0 Å². The van der Waals surface area contributed by atoms with Crippen molar-refractivity contribution in [1.82, 2.24) is 5.32 Å². The number of carbonyl (C=O) groups is 1. The first-order valence-corrected chi connectivity index (χ1v) is 7.98. The van der Waals surface area contributed by atoms with E-state index >= 15 is 0 Å². The normalized spacial score (nSPS) is 16.6. The Kier molecular flexibility index (Phi) is 7.34. The predicted molar refractivity (Wildman–Crippen MR) is 84.4 cm³/mol. The minimum absolute atomic E-state index is 0.691. The van der Waals surface area contributed by atoms with Gasteiger partial charge in [-0.25, -0.2) is 4.99 Å². The van der Waals surface area contributed by atoms with E-state index in [1.807, 2.05) is 0 Å². The molecule has 0 radical (unpaired) electrons. The van der Waals surface area contributed by atoms with Crippen molar-refractivity contribution >= 4 is 11.7 Å². The van der Waals surface area contributed by atoms with E-state index in [0.717, 1.165) is 32.0 Å². The zero-order valence-electron chi connectivity index (χ0n) is 16.5. The van der Waals surface area contributed by atoms with Crippen LogP contribution in [0.5, 0.6) is 0 Å². The summed E-state index contributed by atoms with van der Waals surface area (Å²) < 4.78 is 149. The summed E-state index contributed by atoms with van der Waals surface area (Å²) in [5, 5.41) is 0.870. The monoisotopic (exact) mass is 464 g/mol. The van der Waals surface area contributed by atoms with Crippen molar-refractivity contribution in [2.45, 2.75) is 82.6 Å². The summed E-state index contributed by atoms with van der Waals surface area (Å²) >= 11 is 0. The third-order valence-electron chi connectivity index (χ3n) is 3.18. The van der Waals surface area contributed by atoms with Gasteiger partial charge in [-0.15, -0.1) is 0 Å². The van der Waals surface area contributed by atoms with Crippen molar-refractivity contribution in [3.8, 4) is 0 Å². The molecule has 0 saturated heterocycles. The lowest BCUT2D eigenvalue weighted by Gasteiger charge is -2.46. The number of hydrogen-bond acceptors (Lipinski definition) is 3. The molecule has 30 heavy (non-hydrogen) atoms. The van der Waals surface area contributed by atoms with E-state index < -0.39 is 52.4 Å². The molecule has 1 N–H and O–H groups in total. The minimum atomic E-state index is -7.01. The predicted octanol–water partition coefficient (Wildman–Crippen LogP) is 5.40. The van der Waals surface area contributed by atoms with E-state index in [0.29, 0.717) is 20.8 Å². The fourth-order valence-electron chi connectivity index (χ4n) is 2.13. The molecule has 3 nitrogen and oxygen atoms in total. The number of nitrogens with zero attached hydrogens (tertiary/aromatic N) is 1. The van der Waals surface area contributed by atoms with E-state index in [-0.39, 0.29) is 0 Å². The Morgan fingerprint density at radius 3 is 1.37 bits per heavy atom. The molecule has 0 heterocycles. The number of halogens is 11. The maximum absolute atomic E-state index is 14.4. The Bertz CT molecular complexity index is 712. The van der Waals surface area contributed by atoms with E-state index in [2.05, 4.69) is 4.99 Å². The maximum Gasteiger partial charge on any atom is 0.456 e. The minimum Gasteiger partial charge on any atom is -0.289 e. The third-order valence-corrected chi connectivity index (χ3v) is 3.18. The second-order valence-electron chi connectivity index (χ2n) is 8.29. The molecule has 0 spiro atoms. The first-order valence-electron chi connectivity index (χ1n) is 7.98. The summed E-state index contributed by atoms with van der Waals surface area (Å²) in [5.41, 5.74) is -12.8. The molecule has 1 unspecified atom stereocenters. The lowest BCUT2D eigenvalue weighted by molar-refractivity contribution is -0.353. The quantitative estimate of drug-likeness (QED) is 0.344. The van der Waals surface area contributed by atoms with E-state index in [1.54, 1.807) is 0 Å². The van der Waals surface area contributed by atoms with Crippen molar-refractivity contribution in [1.29, 1.82) is 0 Å². The highest BCUT2D eigenvalue weighted by Gasteiger charge is 2.83. The average molecular weight is 464 g/mol. The van der Waals surface area contributed by atoms with Crippen LogP contribution in [0.4, 0.5) is 48.3 Å². The van der Waals surface area contributed by atoms with Crippen LogP contribution in [-0.2, 0) is 4.79 Å². The van der Waals surface area contributed by atoms with Crippen molar-refractivity contribution in [2.75, 3.05) is 0 Å². The Balaban J connectivity index is 7.87. The lowest BCUT2D eigenvalue weighted by atomic mass is 9.78. The molecule has 0 aliphatic rings. The number of hydrogen-bond donors (Lipinski definition) is 1. The second kappa shape index (κ2) is 7.77. The smallest absolute Gasteiger partial charge is 0.289 e. The molecule has 0 aliphatic carbocycles. The number of rotatable bonds is 4. The molecule has 0 bridgehead atoms. The Morgan fingerprint density at radius 1 is 0.733 bits per heavy atom. The average Bonchev–Trinajstić information content (AvgIpc) is 2.39. The largest absolute Gasteiger partial charge is 0.456 e. The van der Waals surface area contributed by atoms with Gasteiger partial charge >= 0.3 is 24.5 Å². The topological polar surface area (TPSA) is 41.5 Å². The van der Waals surface area contributed by atoms with Gasteiger partial charge in [-0.3, -0.25) is 10.1 Å². The van der Waals surface area contributed by atoms with Crippen LogP contribution in [0.25, 0.3) is 0 Å². The summed E-state index contributed by atoms with van der Waals surface area (Å²) in [6.07, 6.45) is -20.0. The van der Waals surface area contributed by atoms with E-state index in [1.165, 1.54) is 0 Å². The highest BCUT2D eigenvalue weighted by molar-refractivity contribution is 6.09. The Labute approximate surface area is 164 Å². The van der Waals surface area contributed by atoms with Gasteiger partial charge in [0, 0.05) is 5.54 Å². The standard InChI is InChI=1S/C16H19F11N2O/c1-10(2,3)28-7-8(9(30)13(17,18)19)12(15(22,23)24,29-11(4,5)6)14(20,21)16(25,26)27/h29H,1-6H3. The van der Waals surface area contributed by atoms with Gasteiger partial charge in [-0.2, -0.15) is 48.3 Å². The van der Waals surface area contributed by atoms with Gasteiger partial charge in [-0.05, 0) is 47.4 Å². The van der Waals surface area contributed by atoms with Crippen LogP contribution in [0, 0.1) is 0 Å². The van der Waals surface area contributed by atoms with E-state index in [4.69, 9.17) is 0 Å². The SMILES string of the molecule is CC(C)(C)N=C=C(C(=O)C(F)(F)F)C(NC(C)(C)C)(C(F)(F)F)C(F)(F)C(F)(F)F. The van der Waals surface area contributed by atoms with Crippen molar-refractivity contribution in [3.63, 3.8) is 0 Å². The van der Waals surface area contributed by atoms with Gasteiger partial charge in [-0.1, -0.05) is 0 Å². The Morgan fingerprint density at radius 2 is 1.13 bits per heavy atom.